The lowest BCUT2D eigenvalue weighted by molar-refractivity contribution is -0.138. The van der Waals surface area contributed by atoms with E-state index in [0.717, 1.165) is 24.8 Å². The van der Waals surface area contributed by atoms with E-state index in [2.05, 4.69) is 5.32 Å². The molecule has 1 aromatic rings. The molecule has 0 aliphatic heterocycles. The molecule has 1 unspecified atom stereocenters. The van der Waals surface area contributed by atoms with Gasteiger partial charge in [-0.2, -0.15) is 0 Å². The summed E-state index contributed by atoms with van der Waals surface area (Å²) in [4.78, 5) is 22.5. The first-order valence-corrected chi connectivity index (χ1v) is 6.84. The van der Waals surface area contributed by atoms with Crippen molar-refractivity contribution >= 4 is 12.1 Å². The number of carbonyl (C=O) groups excluding carboxylic acids is 1. The second-order valence-electron chi connectivity index (χ2n) is 5.10. The van der Waals surface area contributed by atoms with Crippen molar-refractivity contribution in [3.63, 3.8) is 0 Å². The first-order valence-electron chi connectivity index (χ1n) is 6.84. The predicted octanol–water partition coefficient (Wildman–Crippen LogP) is 2.56. The Labute approximate surface area is 117 Å². The monoisotopic (exact) mass is 277 g/mol. The van der Waals surface area contributed by atoms with Crippen molar-refractivity contribution in [2.24, 2.45) is 5.92 Å². The van der Waals surface area contributed by atoms with Crippen LogP contribution in [0.2, 0.25) is 0 Å². The molecule has 5 nitrogen and oxygen atoms in total. The molecule has 5 heteroatoms. The molecule has 108 valence electrons. The van der Waals surface area contributed by atoms with Gasteiger partial charge in [0.25, 0.3) is 0 Å². The largest absolute Gasteiger partial charge is 0.481 e. The average molecular weight is 277 g/mol. The maximum absolute atomic E-state index is 11.7. The standard InChI is InChI=1S/C15H19NO4/c17-14(18)9-13(12-7-4-8-12)16-15(19)20-10-11-5-2-1-3-6-11/h1-3,5-6,12-13H,4,7-10H2,(H,16,19)(H,17,18). The van der Waals surface area contributed by atoms with E-state index in [-0.39, 0.29) is 25.0 Å². The van der Waals surface area contributed by atoms with Crippen LogP contribution in [-0.2, 0) is 16.1 Å². The van der Waals surface area contributed by atoms with Gasteiger partial charge in [-0.25, -0.2) is 4.79 Å². The van der Waals surface area contributed by atoms with Crippen LogP contribution in [0.1, 0.15) is 31.2 Å². The fourth-order valence-electron chi connectivity index (χ4n) is 2.28. The van der Waals surface area contributed by atoms with Crippen LogP contribution in [0, 0.1) is 5.92 Å². The van der Waals surface area contributed by atoms with E-state index in [1.807, 2.05) is 30.3 Å². The van der Waals surface area contributed by atoms with Crippen molar-refractivity contribution in [1.82, 2.24) is 5.32 Å². The van der Waals surface area contributed by atoms with Gasteiger partial charge in [0.05, 0.1) is 6.42 Å². The highest BCUT2D eigenvalue weighted by Crippen LogP contribution is 2.31. The smallest absolute Gasteiger partial charge is 0.407 e. The normalized spacial score (nSPS) is 16.0. The molecule has 2 rings (SSSR count). The molecule has 1 aliphatic carbocycles. The van der Waals surface area contributed by atoms with Crippen molar-refractivity contribution in [1.29, 1.82) is 0 Å². The van der Waals surface area contributed by atoms with Gasteiger partial charge in [0, 0.05) is 6.04 Å². The molecule has 1 saturated carbocycles. The summed E-state index contributed by atoms with van der Waals surface area (Å²) in [7, 11) is 0. The zero-order chi connectivity index (χ0) is 14.4. The molecule has 2 N–H and O–H groups in total. The van der Waals surface area contributed by atoms with Gasteiger partial charge in [0.1, 0.15) is 6.61 Å². The number of ether oxygens (including phenoxy) is 1. The van der Waals surface area contributed by atoms with Crippen LogP contribution in [0.5, 0.6) is 0 Å². The summed E-state index contributed by atoms with van der Waals surface area (Å²) in [5.41, 5.74) is 0.904. The van der Waals surface area contributed by atoms with Crippen LogP contribution in [0.25, 0.3) is 0 Å². The van der Waals surface area contributed by atoms with E-state index in [4.69, 9.17) is 9.84 Å². The maximum atomic E-state index is 11.7. The van der Waals surface area contributed by atoms with Crippen LogP contribution in [-0.4, -0.2) is 23.2 Å². The highest BCUT2D eigenvalue weighted by molar-refractivity contribution is 5.71. The molecule has 0 spiro atoms. The lowest BCUT2D eigenvalue weighted by Gasteiger charge is -2.33. The summed E-state index contributed by atoms with van der Waals surface area (Å²) in [6, 6.07) is 9.05. The molecule has 1 aliphatic rings. The third kappa shape index (κ3) is 4.26. The average Bonchev–Trinajstić information content (AvgIpc) is 2.35. The van der Waals surface area contributed by atoms with Gasteiger partial charge in [0.15, 0.2) is 0 Å². The fraction of sp³-hybridized carbons (Fsp3) is 0.467. The SMILES string of the molecule is O=C(O)CC(NC(=O)OCc1ccccc1)C1CCC1. The summed E-state index contributed by atoms with van der Waals surface area (Å²) in [5.74, 6) is -0.638. The Hall–Kier alpha value is -2.04. The number of nitrogens with one attached hydrogen (secondary N) is 1. The Bertz CT molecular complexity index is 456. The van der Waals surface area contributed by atoms with Gasteiger partial charge in [0.2, 0.25) is 0 Å². The quantitative estimate of drug-likeness (QED) is 0.838. The van der Waals surface area contributed by atoms with Crippen molar-refractivity contribution in [3.8, 4) is 0 Å². The first-order chi connectivity index (χ1) is 9.65. The zero-order valence-corrected chi connectivity index (χ0v) is 11.2. The molecule has 0 saturated heterocycles. The number of hydrogen-bond donors (Lipinski definition) is 2. The fourth-order valence-corrected chi connectivity index (χ4v) is 2.28. The Morgan fingerprint density at radius 2 is 2.00 bits per heavy atom. The van der Waals surface area contributed by atoms with Gasteiger partial charge < -0.3 is 15.2 Å². The number of benzene rings is 1. The molecule has 20 heavy (non-hydrogen) atoms. The van der Waals surface area contributed by atoms with Crippen molar-refractivity contribution in [2.75, 3.05) is 0 Å². The highest BCUT2D eigenvalue weighted by atomic mass is 16.5. The van der Waals surface area contributed by atoms with Crippen LogP contribution >= 0.6 is 0 Å². The maximum Gasteiger partial charge on any atom is 0.407 e. The molecular weight excluding hydrogens is 258 g/mol. The van der Waals surface area contributed by atoms with Gasteiger partial charge in [-0.3, -0.25) is 4.79 Å². The number of carbonyl (C=O) groups is 2. The minimum atomic E-state index is -0.898. The minimum absolute atomic E-state index is 0.0505. The first kappa shape index (κ1) is 14.4. The summed E-state index contributed by atoms with van der Waals surface area (Å²) in [5, 5.41) is 11.6. The van der Waals surface area contributed by atoms with E-state index in [1.165, 1.54) is 0 Å². The van der Waals surface area contributed by atoms with E-state index in [1.54, 1.807) is 0 Å². The number of amides is 1. The number of alkyl carbamates (subject to hydrolysis) is 1. The molecule has 0 heterocycles. The lowest BCUT2D eigenvalue weighted by Crippen LogP contribution is -2.44. The van der Waals surface area contributed by atoms with Gasteiger partial charge in [-0.1, -0.05) is 36.8 Å². The highest BCUT2D eigenvalue weighted by Gasteiger charge is 2.30. The number of carboxylic acid groups (broad SMARTS) is 1. The summed E-state index contributed by atoms with van der Waals surface area (Å²) < 4.78 is 5.12. The summed E-state index contributed by atoms with van der Waals surface area (Å²) in [6.07, 6.45) is 2.44. The molecule has 1 amide bonds. The number of hydrogen-bond acceptors (Lipinski definition) is 3. The third-order valence-electron chi connectivity index (χ3n) is 3.63. The lowest BCUT2D eigenvalue weighted by atomic mass is 9.78. The number of aliphatic carboxylic acids is 1. The molecule has 1 atom stereocenters. The minimum Gasteiger partial charge on any atom is -0.481 e. The van der Waals surface area contributed by atoms with Crippen LogP contribution in [0.15, 0.2) is 30.3 Å². The molecular formula is C15H19NO4. The van der Waals surface area contributed by atoms with E-state index in [0.29, 0.717) is 0 Å². The number of rotatable bonds is 6. The van der Waals surface area contributed by atoms with Crippen molar-refractivity contribution in [2.45, 2.75) is 38.3 Å². The second-order valence-corrected chi connectivity index (χ2v) is 5.10. The molecule has 0 bridgehead atoms. The van der Waals surface area contributed by atoms with E-state index >= 15 is 0 Å². The topological polar surface area (TPSA) is 75.6 Å². The van der Waals surface area contributed by atoms with E-state index in [9.17, 15) is 9.59 Å². The zero-order valence-electron chi connectivity index (χ0n) is 11.2. The Morgan fingerprint density at radius 1 is 1.30 bits per heavy atom. The summed E-state index contributed by atoms with van der Waals surface area (Å²) >= 11 is 0. The van der Waals surface area contributed by atoms with Crippen LogP contribution in [0.4, 0.5) is 4.79 Å². The van der Waals surface area contributed by atoms with Gasteiger partial charge in [-0.15, -0.1) is 0 Å². The molecule has 1 aromatic carbocycles. The Morgan fingerprint density at radius 3 is 2.55 bits per heavy atom. The van der Waals surface area contributed by atoms with Crippen LogP contribution in [0.3, 0.4) is 0 Å². The molecule has 1 fully saturated rings. The Kier molecular flexibility index (Phi) is 4.98. The molecule has 0 aromatic heterocycles. The second kappa shape index (κ2) is 6.93. The van der Waals surface area contributed by atoms with Crippen molar-refractivity contribution in [3.05, 3.63) is 35.9 Å². The van der Waals surface area contributed by atoms with Gasteiger partial charge >= 0.3 is 12.1 Å². The van der Waals surface area contributed by atoms with Crippen LogP contribution < -0.4 is 5.32 Å². The summed E-state index contributed by atoms with van der Waals surface area (Å²) in [6.45, 7) is 0.192. The Balaban J connectivity index is 1.80. The number of carboxylic acids is 1. The third-order valence-corrected chi connectivity index (χ3v) is 3.63. The van der Waals surface area contributed by atoms with Gasteiger partial charge in [-0.05, 0) is 24.3 Å². The molecule has 0 radical (unpaired) electrons. The van der Waals surface area contributed by atoms with Crippen molar-refractivity contribution < 1.29 is 19.4 Å². The van der Waals surface area contributed by atoms with E-state index < -0.39 is 12.1 Å². The predicted molar refractivity (Wildman–Crippen MR) is 73.1 cm³/mol.